The first-order chi connectivity index (χ1) is 11.4. The zero-order valence-corrected chi connectivity index (χ0v) is 15.0. The summed E-state index contributed by atoms with van der Waals surface area (Å²) in [4.78, 5) is 24.2. The van der Waals surface area contributed by atoms with Crippen molar-refractivity contribution in [2.24, 2.45) is 34.5 Å². The molecule has 0 amide bonds. The molecule has 0 aromatic rings. The van der Waals surface area contributed by atoms with E-state index in [9.17, 15) is 14.7 Å². The standard InChI is InChI=1S/C21H30O3/c1-20-9-7-14(23)11-13(20)3-4-15-16-5-6-18(19(24)12-22)21(16,2)10-8-17(15)20/h3,15-18,22H,4-12H2,1-2H3/t15-,16-,17-,18+,20-,21-/m0/s1. The van der Waals surface area contributed by atoms with E-state index >= 15 is 0 Å². The lowest BCUT2D eigenvalue weighted by molar-refractivity contribution is -0.133. The average Bonchev–Trinajstić information content (AvgIpc) is 2.92. The first-order valence-electron chi connectivity index (χ1n) is 9.75. The van der Waals surface area contributed by atoms with Crippen molar-refractivity contribution in [3.05, 3.63) is 11.6 Å². The third-order valence-corrected chi connectivity index (χ3v) is 8.48. The molecule has 0 aliphatic heterocycles. The third kappa shape index (κ3) is 2.13. The fraction of sp³-hybridized carbons (Fsp3) is 0.810. The fourth-order valence-electron chi connectivity index (χ4n) is 7.12. The van der Waals surface area contributed by atoms with E-state index in [2.05, 4.69) is 19.9 Å². The number of rotatable bonds is 2. The number of hydrogen-bond acceptors (Lipinski definition) is 3. The van der Waals surface area contributed by atoms with Crippen LogP contribution >= 0.6 is 0 Å². The summed E-state index contributed by atoms with van der Waals surface area (Å²) < 4.78 is 0. The number of Topliss-reactive ketones (excluding diaryl/α,β-unsaturated/α-hetero) is 2. The molecule has 0 spiro atoms. The SMILES string of the molecule is C[C@]12CC[C@H]3[C@@H](CC=C4CC(=O)CC[C@@]43C)[C@@H]1CC[C@@H]2C(=O)CO. The summed E-state index contributed by atoms with van der Waals surface area (Å²) in [7, 11) is 0. The maximum Gasteiger partial charge on any atom is 0.161 e. The van der Waals surface area contributed by atoms with E-state index in [0.717, 1.165) is 38.5 Å². The molecule has 4 aliphatic rings. The minimum absolute atomic E-state index is 0.0552. The van der Waals surface area contributed by atoms with Gasteiger partial charge in [-0.15, -0.1) is 0 Å². The Kier molecular flexibility index (Phi) is 3.80. The lowest BCUT2D eigenvalue weighted by Crippen LogP contribution is -2.50. The van der Waals surface area contributed by atoms with E-state index < -0.39 is 0 Å². The first-order valence-corrected chi connectivity index (χ1v) is 9.75. The van der Waals surface area contributed by atoms with Gasteiger partial charge in [0.05, 0.1) is 0 Å². The van der Waals surface area contributed by atoms with Gasteiger partial charge in [0.2, 0.25) is 0 Å². The highest BCUT2D eigenvalue weighted by Gasteiger charge is 2.59. The van der Waals surface area contributed by atoms with Gasteiger partial charge in [-0.2, -0.15) is 0 Å². The van der Waals surface area contributed by atoms with Crippen LogP contribution in [-0.4, -0.2) is 23.3 Å². The van der Waals surface area contributed by atoms with Crippen LogP contribution in [-0.2, 0) is 9.59 Å². The second-order valence-electron chi connectivity index (χ2n) is 9.27. The second kappa shape index (κ2) is 5.52. The molecule has 6 atom stereocenters. The molecule has 4 rings (SSSR count). The summed E-state index contributed by atoms with van der Waals surface area (Å²) in [5, 5.41) is 9.36. The predicted octanol–water partition coefficient (Wildman–Crippen LogP) is 3.70. The molecule has 0 radical (unpaired) electrons. The Balaban J connectivity index is 1.65. The Morgan fingerprint density at radius 1 is 1.21 bits per heavy atom. The lowest BCUT2D eigenvalue weighted by atomic mass is 9.47. The van der Waals surface area contributed by atoms with Crippen molar-refractivity contribution in [3.63, 3.8) is 0 Å². The number of ketones is 2. The van der Waals surface area contributed by atoms with Crippen LogP contribution in [0.5, 0.6) is 0 Å². The van der Waals surface area contributed by atoms with Crippen LogP contribution < -0.4 is 0 Å². The predicted molar refractivity (Wildman–Crippen MR) is 92.3 cm³/mol. The van der Waals surface area contributed by atoms with Gasteiger partial charge >= 0.3 is 0 Å². The first kappa shape index (κ1) is 16.5. The van der Waals surface area contributed by atoms with Crippen molar-refractivity contribution in [3.8, 4) is 0 Å². The Bertz CT molecular complexity index is 606. The highest BCUT2D eigenvalue weighted by atomic mass is 16.3. The summed E-state index contributed by atoms with van der Waals surface area (Å²) in [5.74, 6) is 2.45. The van der Waals surface area contributed by atoms with E-state index in [-0.39, 0.29) is 29.1 Å². The fourth-order valence-corrected chi connectivity index (χ4v) is 7.12. The van der Waals surface area contributed by atoms with E-state index in [1.54, 1.807) is 0 Å². The monoisotopic (exact) mass is 330 g/mol. The van der Waals surface area contributed by atoms with Gasteiger partial charge in [-0.25, -0.2) is 0 Å². The summed E-state index contributed by atoms with van der Waals surface area (Å²) in [6, 6.07) is 0. The summed E-state index contributed by atoms with van der Waals surface area (Å²) in [5.41, 5.74) is 1.69. The van der Waals surface area contributed by atoms with E-state index in [0.29, 0.717) is 30.0 Å². The van der Waals surface area contributed by atoms with Crippen LogP contribution in [0.1, 0.15) is 65.2 Å². The maximum absolute atomic E-state index is 12.3. The molecule has 0 saturated heterocycles. The molecule has 0 heterocycles. The smallest absolute Gasteiger partial charge is 0.161 e. The Morgan fingerprint density at radius 3 is 2.75 bits per heavy atom. The number of allylic oxidation sites excluding steroid dienone is 2. The molecule has 0 aromatic heterocycles. The number of aliphatic hydroxyl groups excluding tert-OH is 1. The molecule has 1 N–H and O–H groups in total. The van der Waals surface area contributed by atoms with Crippen LogP contribution in [0, 0.1) is 34.5 Å². The molecule has 0 unspecified atom stereocenters. The largest absolute Gasteiger partial charge is 0.389 e. The van der Waals surface area contributed by atoms with Gasteiger partial charge in [-0.1, -0.05) is 25.5 Å². The van der Waals surface area contributed by atoms with Gasteiger partial charge < -0.3 is 5.11 Å². The van der Waals surface area contributed by atoms with Crippen molar-refractivity contribution < 1.29 is 14.7 Å². The minimum Gasteiger partial charge on any atom is -0.389 e. The van der Waals surface area contributed by atoms with Gasteiger partial charge in [0.25, 0.3) is 0 Å². The molecule has 3 fully saturated rings. The summed E-state index contributed by atoms with van der Waals surface area (Å²) in [6.45, 7) is 4.41. The topological polar surface area (TPSA) is 54.4 Å². The van der Waals surface area contributed by atoms with Crippen LogP contribution in [0.4, 0.5) is 0 Å². The quantitative estimate of drug-likeness (QED) is 0.786. The second-order valence-corrected chi connectivity index (χ2v) is 9.27. The van der Waals surface area contributed by atoms with Crippen molar-refractivity contribution in [1.29, 1.82) is 0 Å². The lowest BCUT2D eigenvalue weighted by Gasteiger charge is -2.57. The molecule has 3 nitrogen and oxygen atoms in total. The van der Waals surface area contributed by atoms with Crippen LogP contribution in [0.2, 0.25) is 0 Å². The van der Waals surface area contributed by atoms with Crippen molar-refractivity contribution in [1.82, 2.24) is 0 Å². The van der Waals surface area contributed by atoms with E-state index in [1.807, 2.05) is 0 Å². The summed E-state index contributed by atoms with van der Waals surface area (Å²) >= 11 is 0. The Labute approximate surface area is 144 Å². The molecule has 3 heteroatoms. The molecule has 3 saturated carbocycles. The highest BCUT2D eigenvalue weighted by Crippen LogP contribution is 2.66. The molecule has 4 aliphatic carbocycles. The normalized spacial score (nSPS) is 47.5. The van der Waals surface area contributed by atoms with Crippen molar-refractivity contribution >= 4 is 11.6 Å². The number of fused-ring (bicyclic) bond motifs is 5. The number of aliphatic hydroxyl groups is 1. The maximum atomic E-state index is 12.3. The Hall–Kier alpha value is -0.960. The zero-order valence-electron chi connectivity index (χ0n) is 15.0. The van der Waals surface area contributed by atoms with Gasteiger partial charge in [0.15, 0.2) is 5.78 Å². The molecule has 132 valence electrons. The third-order valence-electron chi connectivity index (χ3n) is 8.48. The van der Waals surface area contributed by atoms with E-state index in [4.69, 9.17) is 0 Å². The Morgan fingerprint density at radius 2 is 2.00 bits per heavy atom. The van der Waals surface area contributed by atoms with E-state index in [1.165, 1.54) is 12.0 Å². The van der Waals surface area contributed by atoms with Gasteiger partial charge in [0.1, 0.15) is 12.4 Å². The average molecular weight is 330 g/mol. The summed E-state index contributed by atoms with van der Waals surface area (Å²) in [6.07, 6.45) is 10.3. The number of carbonyl (C=O) groups excluding carboxylic acids is 2. The van der Waals surface area contributed by atoms with Gasteiger partial charge in [-0.05, 0) is 67.1 Å². The van der Waals surface area contributed by atoms with Crippen LogP contribution in [0.15, 0.2) is 11.6 Å². The molecule has 0 aromatic carbocycles. The zero-order chi connectivity index (χ0) is 17.1. The molecule has 0 bridgehead atoms. The highest BCUT2D eigenvalue weighted by molar-refractivity contribution is 5.83. The minimum atomic E-state index is -0.301. The molecular weight excluding hydrogens is 300 g/mol. The van der Waals surface area contributed by atoms with Crippen molar-refractivity contribution in [2.75, 3.05) is 6.61 Å². The molecule has 24 heavy (non-hydrogen) atoms. The van der Waals surface area contributed by atoms with Crippen molar-refractivity contribution in [2.45, 2.75) is 65.2 Å². The van der Waals surface area contributed by atoms with Gasteiger partial charge in [-0.3, -0.25) is 9.59 Å². The van der Waals surface area contributed by atoms with Crippen LogP contribution in [0.25, 0.3) is 0 Å². The number of hydrogen-bond donors (Lipinski definition) is 1. The number of carbonyl (C=O) groups is 2. The molecular formula is C21H30O3. The van der Waals surface area contributed by atoms with Gasteiger partial charge in [0, 0.05) is 18.8 Å². The van der Waals surface area contributed by atoms with Crippen LogP contribution in [0.3, 0.4) is 0 Å².